The topological polar surface area (TPSA) is 72.1 Å². The molecule has 2 aliphatic rings. The smallest absolute Gasteiger partial charge is 0.254 e. The van der Waals surface area contributed by atoms with Crippen molar-refractivity contribution < 1.29 is 19.0 Å². The lowest BCUT2D eigenvalue weighted by molar-refractivity contribution is 0.0661. The summed E-state index contributed by atoms with van der Waals surface area (Å²) in [7, 11) is 3.29. The van der Waals surface area contributed by atoms with Gasteiger partial charge < -0.3 is 29.7 Å². The second-order valence-electron chi connectivity index (χ2n) is 8.97. The van der Waals surface area contributed by atoms with E-state index in [4.69, 9.17) is 14.2 Å². The summed E-state index contributed by atoms with van der Waals surface area (Å²) < 4.78 is 16.4. The van der Waals surface area contributed by atoms with Gasteiger partial charge in [-0.2, -0.15) is 0 Å². The van der Waals surface area contributed by atoms with Crippen LogP contribution in [-0.4, -0.2) is 76.5 Å². The molecule has 1 heterocycles. The SMILES string of the molecule is COCCCOc1cc(C(=O)N(C[C@@H]2CNCC2CNC2CC2)C(C)C)ccc1OC. The zero-order valence-electron chi connectivity index (χ0n) is 19.5. The lowest BCUT2D eigenvalue weighted by atomic mass is 9.94. The van der Waals surface area contributed by atoms with E-state index in [-0.39, 0.29) is 11.9 Å². The molecule has 0 bridgehead atoms. The Morgan fingerprint density at radius 3 is 2.61 bits per heavy atom. The quantitative estimate of drug-likeness (QED) is 0.466. The van der Waals surface area contributed by atoms with Gasteiger partial charge in [0.2, 0.25) is 0 Å². The van der Waals surface area contributed by atoms with Gasteiger partial charge in [-0.3, -0.25) is 4.79 Å². The van der Waals surface area contributed by atoms with Crippen molar-refractivity contribution in [2.75, 3.05) is 53.6 Å². The fourth-order valence-electron chi connectivity index (χ4n) is 4.10. The summed E-state index contributed by atoms with van der Waals surface area (Å²) in [5.41, 5.74) is 0.634. The van der Waals surface area contributed by atoms with Crippen molar-refractivity contribution in [3.8, 4) is 11.5 Å². The van der Waals surface area contributed by atoms with Crippen LogP contribution in [0.15, 0.2) is 18.2 Å². The summed E-state index contributed by atoms with van der Waals surface area (Å²) in [6.45, 7) is 9.10. The highest BCUT2D eigenvalue weighted by molar-refractivity contribution is 5.95. The van der Waals surface area contributed by atoms with E-state index in [1.165, 1.54) is 12.8 Å². The van der Waals surface area contributed by atoms with Gasteiger partial charge in [-0.1, -0.05) is 0 Å². The molecular formula is C24H39N3O4. The molecule has 7 heteroatoms. The molecular weight excluding hydrogens is 394 g/mol. The number of rotatable bonds is 13. The normalized spacial score (nSPS) is 20.8. The van der Waals surface area contributed by atoms with E-state index in [1.54, 1.807) is 14.2 Å². The van der Waals surface area contributed by atoms with Crippen LogP contribution in [0.3, 0.4) is 0 Å². The number of amides is 1. The summed E-state index contributed by atoms with van der Waals surface area (Å²) in [6, 6.07) is 6.29. The molecule has 0 aromatic heterocycles. The number of hydrogen-bond acceptors (Lipinski definition) is 6. The number of benzene rings is 1. The minimum atomic E-state index is 0.0418. The summed E-state index contributed by atoms with van der Waals surface area (Å²) in [6.07, 6.45) is 3.38. The lowest BCUT2D eigenvalue weighted by Crippen LogP contribution is -2.43. The molecule has 1 aromatic carbocycles. The first-order valence-electron chi connectivity index (χ1n) is 11.6. The largest absolute Gasteiger partial charge is 0.493 e. The van der Waals surface area contributed by atoms with Crippen LogP contribution in [0.1, 0.15) is 43.5 Å². The molecule has 1 amide bonds. The van der Waals surface area contributed by atoms with Gasteiger partial charge in [0.1, 0.15) is 0 Å². The van der Waals surface area contributed by atoms with Gasteiger partial charge >= 0.3 is 0 Å². The molecule has 1 saturated heterocycles. The summed E-state index contributed by atoms with van der Waals surface area (Å²) >= 11 is 0. The van der Waals surface area contributed by atoms with Crippen LogP contribution in [0, 0.1) is 11.8 Å². The maximum absolute atomic E-state index is 13.5. The summed E-state index contributed by atoms with van der Waals surface area (Å²) in [4.78, 5) is 15.5. The maximum atomic E-state index is 13.5. The number of carbonyl (C=O) groups is 1. The Hall–Kier alpha value is -1.83. The van der Waals surface area contributed by atoms with Crippen molar-refractivity contribution in [1.82, 2.24) is 15.5 Å². The Kier molecular flexibility index (Phi) is 8.99. The predicted octanol–water partition coefficient (Wildman–Crippen LogP) is 2.55. The van der Waals surface area contributed by atoms with E-state index in [1.807, 2.05) is 23.1 Å². The number of hydrogen-bond donors (Lipinski definition) is 2. The fourth-order valence-corrected chi connectivity index (χ4v) is 4.10. The first-order chi connectivity index (χ1) is 15.0. The molecule has 1 aliphatic carbocycles. The molecule has 174 valence electrons. The highest BCUT2D eigenvalue weighted by atomic mass is 16.5. The van der Waals surface area contributed by atoms with E-state index >= 15 is 0 Å². The van der Waals surface area contributed by atoms with E-state index in [9.17, 15) is 4.79 Å². The molecule has 0 spiro atoms. The molecule has 2 atom stereocenters. The third kappa shape index (κ3) is 6.82. The molecule has 2 N–H and O–H groups in total. The van der Waals surface area contributed by atoms with Crippen molar-refractivity contribution in [2.24, 2.45) is 11.8 Å². The van der Waals surface area contributed by atoms with Crippen molar-refractivity contribution in [2.45, 2.75) is 45.2 Å². The standard InChI is InChI=1S/C24H39N3O4/c1-17(2)27(16-20-14-25-13-19(20)15-26-21-7-8-21)24(28)18-6-9-22(30-4)23(12-18)31-11-5-10-29-3/h6,9,12,17,19-21,25-26H,5,7-8,10-11,13-16H2,1-4H3/t19?,20-/m0/s1. The van der Waals surface area contributed by atoms with Crippen LogP contribution < -0.4 is 20.1 Å². The average Bonchev–Trinajstić information content (AvgIpc) is 3.50. The molecule has 1 saturated carbocycles. The molecule has 7 nitrogen and oxygen atoms in total. The molecule has 1 unspecified atom stereocenters. The van der Waals surface area contributed by atoms with Gasteiger partial charge in [-0.25, -0.2) is 0 Å². The first kappa shape index (κ1) is 23.8. The Balaban J connectivity index is 1.66. The molecule has 1 aromatic rings. The Morgan fingerprint density at radius 2 is 1.94 bits per heavy atom. The van der Waals surface area contributed by atoms with E-state index in [0.29, 0.717) is 48.2 Å². The fraction of sp³-hybridized carbons (Fsp3) is 0.708. The number of nitrogens with zero attached hydrogens (tertiary/aromatic N) is 1. The van der Waals surface area contributed by atoms with Crippen LogP contribution in [0.5, 0.6) is 11.5 Å². The molecule has 3 rings (SSSR count). The van der Waals surface area contributed by atoms with Gasteiger partial charge in [0, 0.05) is 50.9 Å². The van der Waals surface area contributed by atoms with Crippen molar-refractivity contribution in [3.05, 3.63) is 23.8 Å². The Labute approximate surface area is 186 Å². The van der Waals surface area contributed by atoms with Gasteiger partial charge in [0.15, 0.2) is 11.5 Å². The van der Waals surface area contributed by atoms with Crippen LogP contribution in [0.25, 0.3) is 0 Å². The van der Waals surface area contributed by atoms with Crippen LogP contribution in [0.2, 0.25) is 0 Å². The number of methoxy groups -OCH3 is 2. The third-order valence-corrected chi connectivity index (χ3v) is 6.20. The van der Waals surface area contributed by atoms with Crippen LogP contribution in [-0.2, 0) is 4.74 Å². The highest BCUT2D eigenvalue weighted by Gasteiger charge is 2.33. The zero-order chi connectivity index (χ0) is 22.2. The zero-order valence-corrected chi connectivity index (χ0v) is 19.5. The van der Waals surface area contributed by atoms with Crippen molar-refractivity contribution >= 4 is 5.91 Å². The average molecular weight is 434 g/mol. The van der Waals surface area contributed by atoms with E-state index in [2.05, 4.69) is 24.5 Å². The molecule has 31 heavy (non-hydrogen) atoms. The summed E-state index contributed by atoms with van der Waals surface area (Å²) in [5, 5.41) is 7.18. The van der Waals surface area contributed by atoms with Crippen LogP contribution in [0.4, 0.5) is 0 Å². The van der Waals surface area contributed by atoms with E-state index < -0.39 is 0 Å². The molecule has 2 fully saturated rings. The van der Waals surface area contributed by atoms with Gasteiger partial charge in [0.05, 0.1) is 13.7 Å². The third-order valence-electron chi connectivity index (χ3n) is 6.20. The second-order valence-corrected chi connectivity index (χ2v) is 8.97. The Bertz CT molecular complexity index is 708. The van der Waals surface area contributed by atoms with Gasteiger partial charge in [-0.05, 0) is 69.8 Å². The van der Waals surface area contributed by atoms with E-state index in [0.717, 1.165) is 32.6 Å². The van der Waals surface area contributed by atoms with Gasteiger partial charge in [-0.15, -0.1) is 0 Å². The van der Waals surface area contributed by atoms with Gasteiger partial charge in [0.25, 0.3) is 5.91 Å². The predicted molar refractivity (Wildman–Crippen MR) is 122 cm³/mol. The maximum Gasteiger partial charge on any atom is 0.254 e. The minimum absolute atomic E-state index is 0.0418. The van der Waals surface area contributed by atoms with Crippen molar-refractivity contribution in [3.63, 3.8) is 0 Å². The molecule has 0 radical (unpaired) electrons. The first-order valence-corrected chi connectivity index (χ1v) is 11.6. The van der Waals surface area contributed by atoms with Crippen LogP contribution >= 0.6 is 0 Å². The van der Waals surface area contributed by atoms with Crippen molar-refractivity contribution in [1.29, 1.82) is 0 Å². The highest BCUT2D eigenvalue weighted by Crippen LogP contribution is 2.30. The lowest BCUT2D eigenvalue weighted by Gasteiger charge is -2.32. The summed E-state index contributed by atoms with van der Waals surface area (Å²) in [5.74, 6) is 2.30. The minimum Gasteiger partial charge on any atom is -0.493 e. The monoisotopic (exact) mass is 433 g/mol. The Morgan fingerprint density at radius 1 is 1.16 bits per heavy atom. The molecule has 1 aliphatic heterocycles. The second kappa shape index (κ2) is 11.7. The number of ether oxygens (including phenoxy) is 3. The number of nitrogens with one attached hydrogen (secondary N) is 2. The number of carbonyl (C=O) groups excluding carboxylic acids is 1.